The van der Waals surface area contributed by atoms with Crippen molar-refractivity contribution in [3.8, 4) is 11.8 Å². The van der Waals surface area contributed by atoms with Crippen molar-refractivity contribution in [2.45, 2.75) is 19.4 Å². The molecule has 0 bridgehead atoms. The minimum Gasteiger partial charge on any atom is -0.395 e. The van der Waals surface area contributed by atoms with Crippen LogP contribution in [0.15, 0.2) is 18.2 Å². The first-order valence-electron chi connectivity index (χ1n) is 6.39. The lowest BCUT2D eigenvalue weighted by Crippen LogP contribution is -2.25. The average molecular weight is 297 g/mol. The minimum atomic E-state index is -3.22. The Bertz CT molecular complexity index is 646. The Labute approximate surface area is 118 Å². The molecule has 0 amide bonds. The molecule has 1 heterocycles. The van der Waals surface area contributed by atoms with Gasteiger partial charge < -0.3 is 5.11 Å². The summed E-state index contributed by atoms with van der Waals surface area (Å²) in [6.07, 6.45) is 0.935. The maximum Gasteiger partial charge on any atom is 0.214 e. The number of aliphatic hydroxyl groups excluding tert-OH is 1. The lowest BCUT2D eigenvalue weighted by molar-refractivity contribution is 0.305. The van der Waals surface area contributed by atoms with Crippen LogP contribution in [0.3, 0.4) is 0 Å². The molecule has 108 valence electrons. The van der Waals surface area contributed by atoms with Crippen molar-refractivity contribution in [2.75, 3.05) is 18.9 Å². The number of hydrogen-bond acceptors (Lipinski definition) is 3. The Morgan fingerprint density at radius 1 is 1.40 bits per heavy atom. The van der Waals surface area contributed by atoms with Gasteiger partial charge in [-0.1, -0.05) is 17.9 Å². The Morgan fingerprint density at radius 2 is 2.20 bits per heavy atom. The third-order valence-corrected chi connectivity index (χ3v) is 4.98. The molecule has 0 aliphatic carbocycles. The maximum absolute atomic E-state index is 13.9. The summed E-state index contributed by atoms with van der Waals surface area (Å²) < 4.78 is 38.6. The molecule has 1 fully saturated rings. The highest BCUT2D eigenvalue weighted by molar-refractivity contribution is 7.89. The van der Waals surface area contributed by atoms with E-state index in [1.807, 2.05) is 0 Å². The molecule has 0 saturated carbocycles. The highest BCUT2D eigenvalue weighted by Gasteiger charge is 2.28. The van der Waals surface area contributed by atoms with Crippen LogP contribution in [-0.4, -0.2) is 36.7 Å². The maximum atomic E-state index is 13.9. The number of hydrogen-bond donors (Lipinski definition) is 1. The second-order valence-corrected chi connectivity index (χ2v) is 6.67. The van der Waals surface area contributed by atoms with Crippen molar-refractivity contribution in [1.29, 1.82) is 0 Å². The number of aliphatic hydroxyl groups is 1. The first kappa shape index (κ1) is 15.0. The van der Waals surface area contributed by atoms with Gasteiger partial charge in [-0.15, -0.1) is 0 Å². The molecule has 20 heavy (non-hydrogen) atoms. The number of rotatable bonds is 3. The predicted molar refractivity (Wildman–Crippen MR) is 73.8 cm³/mol. The van der Waals surface area contributed by atoms with Crippen molar-refractivity contribution < 1.29 is 17.9 Å². The van der Waals surface area contributed by atoms with Crippen LogP contribution in [0.2, 0.25) is 0 Å². The van der Waals surface area contributed by atoms with E-state index in [2.05, 4.69) is 11.8 Å². The van der Waals surface area contributed by atoms with Crippen LogP contribution in [0, 0.1) is 17.7 Å². The zero-order valence-corrected chi connectivity index (χ0v) is 11.8. The van der Waals surface area contributed by atoms with E-state index >= 15 is 0 Å². The second kappa shape index (κ2) is 6.35. The molecule has 0 spiro atoms. The molecule has 1 aromatic carbocycles. The van der Waals surface area contributed by atoms with Gasteiger partial charge in [0.15, 0.2) is 0 Å². The number of nitrogens with zero attached hydrogens (tertiary/aromatic N) is 1. The summed E-state index contributed by atoms with van der Waals surface area (Å²) in [5.41, 5.74) is 0.868. The zero-order valence-electron chi connectivity index (χ0n) is 11.0. The van der Waals surface area contributed by atoms with Crippen molar-refractivity contribution in [2.24, 2.45) is 0 Å². The first-order valence-corrected chi connectivity index (χ1v) is 8.00. The smallest absolute Gasteiger partial charge is 0.214 e. The molecular weight excluding hydrogens is 281 g/mol. The van der Waals surface area contributed by atoms with Gasteiger partial charge in [0.05, 0.1) is 12.4 Å². The monoisotopic (exact) mass is 297 g/mol. The molecule has 1 aliphatic rings. The van der Waals surface area contributed by atoms with Crippen molar-refractivity contribution >= 4 is 10.0 Å². The fourth-order valence-electron chi connectivity index (χ4n) is 2.03. The van der Waals surface area contributed by atoms with Gasteiger partial charge in [0.25, 0.3) is 0 Å². The Kier molecular flexibility index (Phi) is 4.76. The second-order valence-electron chi connectivity index (χ2n) is 4.58. The van der Waals surface area contributed by atoms with Gasteiger partial charge in [0.1, 0.15) is 5.82 Å². The van der Waals surface area contributed by atoms with E-state index in [0.29, 0.717) is 30.5 Å². The van der Waals surface area contributed by atoms with Gasteiger partial charge in [-0.2, -0.15) is 4.31 Å². The fraction of sp³-hybridized carbons (Fsp3) is 0.429. The molecule has 1 aromatic rings. The van der Waals surface area contributed by atoms with Gasteiger partial charge in [-0.05, 0) is 18.6 Å². The summed E-state index contributed by atoms with van der Waals surface area (Å²) >= 11 is 0. The molecule has 0 atom stereocenters. The predicted octanol–water partition coefficient (Wildman–Crippen LogP) is 1.10. The van der Waals surface area contributed by atoms with Crippen molar-refractivity contribution in [3.05, 3.63) is 35.1 Å². The molecule has 0 radical (unpaired) electrons. The van der Waals surface area contributed by atoms with E-state index in [0.717, 1.165) is 0 Å². The Morgan fingerprint density at radius 3 is 2.80 bits per heavy atom. The van der Waals surface area contributed by atoms with E-state index < -0.39 is 15.8 Å². The van der Waals surface area contributed by atoms with Gasteiger partial charge >= 0.3 is 0 Å². The lowest BCUT2D eigenvalue weighted by atomic mass is 10.1. The first-order chi connectivity index (χ1) is 9.53. The van der Waals surface area contributed by atoms with Crippen LogP contribution in [0.1, 0.15) is 24.0 Å². The molecule has 0 unspecified atom stereocenters. The zero-order chi connectivity index (χ0) is 14.6. The molecule has 6 heteroatoms. The number of benzene rings is 1. The largest absolute Gasteiger partial charge is 0.395 e. The quantitative estimate of drug-likeness (QED) is 0.850. The summed E-state index contributed by atoms with van der Waals surface area (Å²) in [5.74, 6) is 5.14. The topological polar surface area (TPSA) is 57.6 Å². The molecule has 4 nitrogen and oxygen atoms in total. The third-order valence-electron chi connectivity index (χ3n) is 3.07. The molecule has 1 N–H and O–H groups in total. The molecule has 2 rings (SSSR count). The van der Waals surface area contributed by atoms with Crippen molar-refractivity contribution in [3.63, 3.8) is 0 Å². The molecule has 1 aliphatic heterocycles. The number of halogens is 1. The molecule has 0 aromatic heterocycles. The molecular formula is C14H16FNO3S. The van der Waals surface area contributed by atoms with E-state index in [4.69, 9.17) is 5.11 Å². The summed E-state index contributed by atoms with van der Waals surface area (Å²) in [7, 11) is -3.22. The van der Waals surface area contributed by atoms with Gasteiger partial charge in [-0.25, -0.2) is 12.8 Å². The van der Waals surface area contributed by atoms with Crippen LogP contribution >= 0.6 is 0 Å². The Balaban J connectivity index is 2.13. The number of sulfonamides is 1. The SMILES string of the molecule is O=S1(=O)CCCN1Cc1ccc(C#CCCO)cc1F. The van der Waals surface area contributed by atoms with Crippen LogP contribution in [0.4, 0.5) is 4.39 Å². The third kappa shape index (κ3) is 3.57. The van der Waals surface area contributed by atoms with E-state index in [1.54, 1.807) is 12.1 Å². The van der Waals surface area contributed by atoms with Gasteiger partial charge in [0.2, 0.25) is 10.0 Å². The van der Waals surface area contributed by atoms with E-state index in [-0.39, 0.29) is 18.9 Å². The van der Waals surface area contributed by atoms with Gasteiger partial charge in [-0.3, -0.25) is 0 Å². The summed E-state index contributed by atoms with van der Waals surface area (Å²) in [5, 5.41) is 8.61. The lowest BCUT2D eigenvalue weighted by Gasteiger charge is -2.14. The van der Waals surface area contributed by atoms with E-state index in [1.165, 1.54) is 10.4 Å². The fourth-order valence-corrected chi connectivity index (χ4v) is 3.53. The summed E-state index contributed by atoms with van der Waals surface area (Å²) in [6, 6.07) is 4.51. The van der Waals surface area contributed by atoms with Crippen LogP contribution in [-0.2, 0) is 16.6 Å². The highest BCUT2D eigenvalue weighted by Crippen LogP contribution is 2.19. The standard InChI is InChI=1S/C14H16FNO3S/c15-14-10-12(4-1-2-8-17)5-6-13(14)11-16-7-3-9-20(16,18)19/h5-6,10,17H,2-3,7-9,11H2. The van der Waals surface area contributed by atoms with Crippen LogP contribution in [0.25, 0.3) is 0 Å². The van der Waals surface area contributed by atoms with Gasteiger partial charge in [0, 0.05) is 30.6 Å². The molecule has 1 saturated heterocycles. The van der Waals surface area contributed by atoms with E-state index in [9.17, 15) is 12.8 Å². The van der Waals surface area contributed by atoms with Crippen molar-refractivity contribution in [1.82, 2.24) is 4.31 Å². The Hall–Kier alpha value is -1.42. The average Bonchev–Trinajstić information content (AvgIpc) is 2.72. The van der Waals surface area contributed by atoms with Crippen LogP contribution < -0.4 is 0 Å². The normalized spacial score (nSPS) is 17.7. The van der Waals surface area contributed by atoms with Crippen LogP contribution in [0.5, 0.6) is 0 Å². The highest BCUT2D eigenvalue weighted by atomic mass is 32.2. The summed E-state index contributed by atoms with van der Waals surface area (Å²) in [4.78, 5) is 0. The summed E-state index contributed by atoms with van der Waals surface area (Å²) in [6.45, 7) is 0.485. The minimum absolute atomic E-state index is 0.0274.